The van der Waals surface area contributed by atoms with Crippen LogP contribution in [0, 0.1) is 0 Å². The Kier molecular flexibility index (Phi) is 4.14. The van der Waals surface area contributed by atoms with E-state index in [9.17, 15) is 0 Å². The predicted molar refractivity (Wildman–Crippen MR) is 64.0 cm³/mol. The molecule has 1 saturated heterocycles. The van der Waals surface area contributed by atoms with Crippen molar-refractivity contribution in [2.24, 2.45) is 0 Å². The Bertz CT molecular complexity index is 165. The average molecular weight is 214 g/mol. The molecule has 0 spiro atoms. The molecule has 0 amide bonds. The van der Waals surface area contributed by atoms with E-state index in [4.69, 9.17) is 0 Å². The molecule has 2 rings (SSSR count). The van der Waals surface area contributed by atoms with Gasteiger partial charge in [-0.05, 0) is 38.5 Å². The smallest absolute Gasteiger partial charge is 0.0195 e. The Morgan fingerprint density at radius 1 is 1.36 bits per heavy atom. The Labute approximate surface area is 91.8 Å². The van der Waals surface area contributed by atoms with Crippen molar-refractivity contribution < 1.29 is 0 Å². The van der Waals surface area contributed by atoms with Crippen molar-refractivity contribution in [2.45, 2.75) is 37.8 Å². The molecule has 0 bridgehead atoms. The number of nitrogens with one attached hydrogen (secondary N) is 1. The fourth-order valence-electron chi connectivity index (χ4n) is 2.27. The van der Waals surface area contributed by atoms with Crippen LogP contribution >= 0.6 is 11.8 Å². The van der Waals surface area contributed by atoms with Crippen molar-refractivity contribution in [3.05, 3.63) is 0 Å². The molecule has 1 N–H and O–H groups in total. The lowest BCUT2D eigenvalue weighted by Crippen LogP contribution is -2.39. The summed E-state index contributed by atoms with van der Waals surface area (Å²) in [5, 5.41) is 3.60. The van der Waals surface area contributed by atoms with Gasteiger partial charge in [-0.15, -0.1) is 0 Å². The molecule has 2 nitrogen and oxygen atoms in total. The highest BCUT2D eigenvalue weighted by Gasteiger charge is 2.30. The van der Waals surface area contributed by atoms with Crippen molar-refractivity contribution in [1.82, 2.24) is 10.2 Å². The van der Waals surface area contributed by atoms with Gasteiger partial charge in [0.05, 0.1) is 0 Å². The minimum atomic E-state index is 0.789. The second-order valence-electron chi connectivity index (χ2n) is 4.51. The van der Waals surface area contributed by atoms with Gasteiger partial charge in [-0.1, -0.05) is 0 Å². The first-order chi connectivity index (χ1) is 6.90. The van der Waals surface area contributed by atoms with Gasteiger partial charge in [-0.3, -0.25) is 4.90 Å². The summed E-state index contributed by atoms with van der Waals surface area (Å²) in [4.78, 5) is 2.71. The normalized spacial score (nSPS) is 27.4. The molecule has 0 aromatic rings. The molecule has 0 radical (unpaired) electrons. The molecule has 1 aliphatic carbocycles. The molecule has 2 fully saturated rings. The van der Waals surface area contributed by atoms with Gasteiger partial charge < -0.3 is 5.32 Å². The molecule has 1 unspecified atom stereocenters. The second kappa shape index (κ2) is 5.38. The van der Waals surface area contributed by atoms with Gasteiger partial charge in [0.2, 0.25) is 0 Å². The van der Waals surface area contributed by atoms with Gasteiger partial charge in [0, 0.05) is 30.9 Å². The van der Waals surface area contributed by atoms with Crippen molar-refractivity contribution in [2.75, 3.05) is 31.6 Å². The van der Waals surface area contributed by atoms with Crippen molar-refractivity contribution in [3.8, 4) is 0 Å². The third-order valence-electron chi connectivity index (χ3n) is 3.26. The van der Waals surface area contributed by atoms with Crippen LogP contribution in [0.15, 0.2) is 0 Å². The van der Waals surface area contributed by atoms with Gasteiger partial charge in [-0.2, -0.15) is 11.8 Å². The van der Waals surface area contributed by atoms with Crippen LogP contribution in [0.3, 0.4) is 0 Å². The Balaban J connectivity index is 1.71. The van der Waals surface area contributed by atoms with Gasteiger partial charge in [0.15, 0.2) is 0 Å². The van der Waals surface area contributed by atoms with Crippen LogP contribution < -0.4 is 5.32 Å². The monoisotopic (exact) mass is 214 g/mol. The summed E-state index contributed by atoms with van der Waals surface area (Å²) in [7, 11) is 0. The van der Waals surface area contributed by atoms with Crippen molar-refractivity contribution >= 4 is 11.8 Å². The molecule has 3 heteroatoms. The summed E-state index contributed by atoms with van der Waals surface area (Å²) in [5.41, 5.74) is 0. The standard InChI is InChI=1S/C11H22N2S/c1-14-8-7-13(11-4-5-11)9-10-3-2-6-12-10/h10-12H,2-9H2,1H3. The zero-order valence-corrected chi connectivity index (χ0v) is 9.98. The molecule has 1 atom stereocenters. The SMILES string of the molecule is CSCCN(CC1CCCN1)C1CC1. The van der Waals surface area contributed by atoms with E-state index in [2.05, 4.69) is 16.5 Å². The summed E-state index contributed by atoms with van der Waals surface area (Å²) in [6.07, 6.45) is 7.87. The molecule has 0 aromatic carbocycles. The fourth-order valence-corrected chi connectivity index (χ4v) is 2.68. The van der Waals surface area contributed by atoms with Gasteiger partial charge in [0.25, 0.3) is 0 Å². The number of nitrogens with zero attached hydrogens (tertiary/aromatic N) is 1. The Morgan fingerprint density at radius 2 is 2.21 bits per heavy atom. The van der Waals surface area contributed by atoms with Crippen LogP contribution in [0.2, 0.25) is 0 Å². The number of hydrogen-bond donors (Lipinski definition) is 1. The quantitative estimate of drug-likeness (QED) is 0.722. The van der Waals surface area contributed by atoms with Crippen LogP contribution in [0.5, 0.6) is 0 Å². The lowest BCUT2D eigenvalue weighted by atomic mass is 10.2. The maximum absolute atomic E-state index is 3.60. The maximum atomic E-state index is 3.60. The molecule has 2 aliphatic rings. The summed E-state index contributed by atoms with van der Waals surface area (Å²) in [6, 6.07) is 1.72. The van der Waals surface area contributed by atoms with Crippen LogP contribution in [0.1, 0.15) is 25.7 Å². The predicted octanol–water partition coefficient (Wildman–Crippen LogP) is 1.57. The first-order valence-corrected chi connectivity index (χ1v) is 7.26. The molecular weight excluding hydrogens is 192 g/mol. The second-order valence-corrected chi connectivity index (χ2v) is 5.50. The molecule has 0 aromatic heterocycles. The molecular formula is C11H22N2S. The van der Waals surface area contributed by atoms with E-state index in [1.807, 2.05) is 11.8 Å². The van der Waals surface area contributed by atoms with E-state index in [1.165, 1.54) is 51.1 Å². The van der Waals surface area contributed by atoms with Crippen LogP contribution in [0.25, 0.3) is 0 Å². The highest BCUT2D eigenvalue weighted by atomic mass is 32.2. The van der Waals surface area contributed by atoms with E-state index in [-0.39, 0.29) is 0 Å². The first kappa shape index (κ1) is 10.8. The molecule has 1 heterocycles. The first-order valence-electron chi connectivity index (χ1n) is 5.86. The largest absolute Gasteiger partial charge is 0.313 e. The van der Waals surface area contributed by atoms with E-state index in [1.54, 1.807) is 0 Å². The highest BCUT2D eigenvalue weighted by molar-refractivity contribution is 7.98. The number of hydrogen-bond acceptors (Lipinski definition) is 3. The average Bonchev–Trinajstić information content (AvgIpc) is 2.92. The molecule has 14 heavy (non-hydrogen) atoms. The fraction of sp³-hybridized carbons (Fsp3) is 1.00. The van der Waals surface area contributed by atoms with Crippen molar-refractivity contribution in [3.63, 3.8) is 0 Å². The maximum Gasteiger partial charge on any atom is 0.0195 e. The van der Waals surface area contributed by atoms with Gasteiger partial charge in [-0.25, -0.2) is 0 Å². The summed E-state index contributed by atoms with van der Waals surface area (Å²) in [5.74, 6) is 1.29. The third-order valence-corrected chi connectivity index (χ3v) is 3.85. The van der Waals surface area contributed by atoms with Crippen LogP contribution in [-0.2, 0) is 0 Å². The summed E-state index contributed by atoms with van der Waals surface area (Å²) >= 11 is 1.97. The molecule has 1 aliphatic heterocycles. The van der Waals surface area contributed by atoms with E-state index < -0.39 is 0 Å². The topological polar surface area (TPSA) is 15.3 Å². The summed E-state index contributed by atoms with van der Waals surface area (Å²) < 4.78 is 0. The van der Waals surface area contributed by atoms with Crippen LogP contribution in [0.4, 0.5) is 0 Å². The molecule has 82 valence electrons. The Hall–Kier alpha value is 0.270. The van der Waals surface area contributed by atoms with Gasteiger partial charge in [0.1, 0.15) is 0 Å². The minimum absolute atomic E-state index is 0.789. The third kappa shape index (κ3) is 3.14. The van der Waals surface area contributed by atoms with E-state index >= 15 is 0 Å². The molecule has 1 saturated carbocycles. The van der Waals surface area contributed by atoms with E-state index in [0.717, 1.165) is 12.1 Å². The zero-order chi connectivity index (χ0) is 9.80. The van der Waals surface area contributed by atoms with Crippen LogP contribution in [-0.4, -0.2) is 48.6 Å². The lowest BCUT2D eigenvalue weighted by molar-refractivity contribution is 0.254. The Morgan fingerprint density at radius 3 is 2.79 bits per heavy atom. The highest BCUT2D eigenvalue weighted by Crippen LogP contribution is 2.27. The van der Waals surface area contributed by atoms with Gasteiger partial charge >= 0.3 is 0 Å². The zero-order valence-electron chi connectivity index (χ0n) is 9.17. The minimum Gasteiger partial charge on any atom is -0.313 e. The number of rotatable bonds is 6. The lowest BCUT2D eigenvalue weighted by Gasteiger charge is -2.25. The number of thioether (sulfide) groups is 1. The van der Waals surface area contributed by atoms with Crippen molar-refractivity contribution in [1.29, 1.82) is 0 Å². The summed E-state index contributed by atoms with van der Waals surface area (Å²) in [6.45, 7) is 3.83. The van der Waals surface area contributed by atoms with E-state index in [0.29, 0.717) is 0 Å².